The van der Waals surface area contributed by atoms with E-state index in [1.807, 2.05) is 6.07 Å². The number of ketones is 2. The molecule has 1 aromatic rings. The molecule has 0 heterocycles. The van der Waals surface area contributed by atoms with E-state index >= 15 is 0 Å². The number of hydrogen-bond donors (Lipinski definition) is 0. The van der Waals surface area contributed by atoms with Gasteiger partial charge in [0.2, 0.25) is 0 Å². The lowest BCUT2D eigenvalue weighted by molar-refractivity contribution is -0.118. The first kappa shape index (κ1) is 19.6. The fourth-order valence-corrected chi connectivity index (χ4v) is 3.33. The minimum atomic E-state index is -2.98. The first-order valence-corrected chi connectivity index (χ1v) is 9.77. The Morgan fingerprint density at radius 3 is 2.39 bits per heavy atom. The molecule has 0 saturated heterocycles. The van der Waals surface area contributed by atoms with Crippen molar-refractivity contribution in [1.29, 1.82) is 0 Å². The third-order valence-electron chi connectivity index (χ3n) is 3.84. The van der Waals surface area contributed by atoms with Crippen molar-refractivity contribution >= 4 is 21.4 Å². The molecule has 0 fully saturated rings. The van der Waals surface area contributed by atoms with Crippen molar-refractivity contribution in [2.45, 2.75) is 58.1 Å². The third kappa shape index (κ3) is 7.08. The van der Waals surface area contributed by atoms with E-state index in [0.717, 1.165) is 12.0 Å². The molecule has 128 valence electrons. The summed E-state index contributed by atoms with van der Waals surface area (Å²) in [6.07, 6.45) is 2.83. The van der Waals surface area contributed by atoms with Gasteiger partial charge in [-0.3, -0.25) is 9.59 Å². The van der Waals surface area contributed by atoms with Crippen molar-refractivity contribution in [3.8, 4) is 0 Å². The number of unbranched alkanes of at least 4 members (excludes halogenated alkanes) is 2. The summed E-state index contributed by atoms with van der Waals surface area (Å²) < 4.78 is 23.3. The smallest absolute Gasteiger partial charge is 0.159 e. The summed E-state index contributed by atoms with van der Waals surface area (Å²) in [6, 6.07) is 7.14. The van der Waals surface area contributed by atoms with Gasteiger partial charge >= 0.3 is 0 Å². The SMILES string of the molecule is CC(=O)c1cccc(CC(=O)CCCCCS(=O)(=O)C(C)C)c1. The Balaban J connectivity index is 2.33. The lowest BCUT2D eigenvalue weighted by Crippen LogP contribution is -2.17. The van der Waals surface area contributed by atoms with E-state index in [1.165, 1.54) is 6.92 Å². The Bertz CT molecular complexity index is 645. The van der Waals surface area contributed by atoms with E-state index in [1.54, 1.807) is 32.0 Å². The average Bonchev–Trinajstić information content (AvgIpc) is 2.46. The van der Waals surface area contributed by atoms with Gasteiger partial charge in [0.25, 0.3) is 0 Å². The van der Waals surface area contributed by atoms with E-state index in [2.05, 4.69) is 0 Å². The molecule has 0 amide bonds. The number of carbonyl (C=O) groups is 2. The molecule has 0 N–H and O–H groups in total. The number of hydrogen-bond acceptors (Lipinski definition) is 4. The summed E-state index contributed by atoms with van der Waals surface area (Å²) >= 11 is 0. The van der Waals surface area contributed by atoms with E-state index in [-0.39, 0.29) is 22.6 Å². The zero-order valence-electron chi connectivity index (χ0n) is 14.2. The lowest BCUT2D eigenvalue weighted by atomic mass is 10.0. The zero-order chi connectivity index (χ0) is 17.5. The Kier molecular flexibility index (Phi) is 7.62. The Labute approximate surface area is 139 Å². The van der Waals surface area contributed by atoms with Crippen LogP contribution in [0.5, 0.6) is 0 Å². The highest BCUT2D eigenvalue weighted by molar-refractivity contribution is 7.91. The van der Waals surface area contributed by atoms with Crippen LogP contribution in [0.4, 0.5) is 0 Å². The van der Waals surface area contributed by atoms with Gasteiger partial charge in [0.1, 0.15) is 5.78 Å². The Morgan fingerprint density at radius 1 is 1.09 bits per heavy atom. The summed E-state index contributed by atoms with van der Waals surface area (Å²) in [7, 11) is -2.98. The second-order valence-corrected chi connectivity index (χ2v) is 8.88. The van der Waals surface area contributed by atoms with Gasteiger partial charge in [-0.2, -0.15) is 0 Å². The number of sulfone groups is 1. The van der Waals surface area contributed by atoms with Gasteiger partial charge in [0.05, 0.1) is 11.0 Å². The molecule has 0 aliphatic rings. The normalized spacial score (nSPS) is 11.7. The van der Waals surface area contributed by atoms with Crippen LogP contribution in [0.15, 0.2) is 24.3 Å². The van der Waals surface area contributed by atoms with E-state index in [9.17, 15) is 18.0 Å². The van der Waals surface area contributed by atoms with Gasteiger partial charge < -0.3 is 0 Å². The second-order valence-electron chi connectivity index (χ2n) is 6.20. The number of benzene rings is 1. The standard InChI is InChI=1S/C18H26O4S/c1-14(2)23(21,22)11-6-4-5-10-18(20)13-16-8-7-9-17(12-16)15(3)19/h7-9,12,14H,4-6,10-11,13H2,1-3H3. The van der Waals surface area contributed by atoms with E-state index in [4.69, 9.17) is 0 Å². The summed E-state index contributed by atoms with van der Waals surface area (Å²) in [6.45, 7) is 4.88. The first-order valence-electron chi connectivity index (χ1n) is 8.05. The molecular weight excluding hydrogens is 312 g/mol. The highest BCUT2D eigenvalue weighted by Crippen LogP contribution is 2.11. The fourth-order valence-electron chi connectivity index (χ4n) is 2.25. The van der Waals surface area contributed by atoms with Crippen LogP contribution >= 0.6 is 0 Å². The van der Waals surface area contributed by atoms with Crippen molar-refractivity contribution in [2.24, 2.45) is 0 Å². The number of rotatable bonds is 10. The minimum Gasteiger partial charge on any atom is -0.299 e. The fraction of sp³-hybridized carbons (Fsp3) is 0.556. The number of carbonyl (C=O) groups excluding carboxylic acids is 2. The Hall–Kier alpha value is -1.49. The van der Waals surface area contributed by atoms with E-state index in [0.29, 0.717) is 31.2 Å². The molecule has 0 aliphatic heterocycles. The van der Waals surface area contributed by atoms with Crippen molar-refractivity contribution < 1.29 is 18.0 Å². The monoisotopic (exact) mass is 338 g/mol. The summed E-state index contributed by atoms with van der Waals surface area (Å²) in [5.41, 5.74) is 1.47. The van der Waals surface area contributed by atoms with Crippen molar-refractivity contribution in [3.05, 3.63) is 35.4 Å². The van der Waals surface area contributed by atoms with Crippen LogP contribution < -0.4 is 0 Å². The molecule has 0 atom stereocenters. The maximum absolute atomic E-state index is 12.0. The Morgan fingerprint density at radius 2 is 1.78 bits per heavy atom. The minimum absolute atomic E-state index is 0.00865. The molecule has 0 radical (unpaired) electrons. The molecule has 0 saturated carbocycles. The van der Waals surface area contributed by atoms with Crippen LogP contribution in [0.3, 0.4) is 0 Å². The van der Waals surface area contributed by atoms with Crippen molar-refractivity contribution in [1.82, 2.24) is 0 Å². The largest absolute Gasteiger partial charge is 0.299 e. The summed E-state index contributed by atoms with van der Waals surface area (Å²) in [5.74, 6) is 0.308. The van der Waals surface area contributed by atoms with Gasteiger partial charge in [0, 0.05) is 18.4 Å². The van der Waals surface area contributed by atoms with Crippen LogP contribution in [0, 0.1) is 0 Å². The molecule has 0 unspecified atom stereocenters. The highest BCUT2D eigenvalue weighted by atomic mass is 32.2. The van der Waals surface area contributed by atoms with Crippen molar-refractivity contribution in [2.75, 3.05) is 5.75 Å². The predicted octanol–water partition coefficient (Wildman–Crippen LogP) is 3.38. The van der Waals surface area contributed by atoms with Crippen LogP contribution in [0.2, 0.25) is 0 Å². The predicted molar refractivity (Wildman–Crippen MR) is 92.5 cm³/mol. The van der Waals surface area contributed by atoms with Crippen molar-refractivity contribution in [3.63, 3.8) is 0 Å². The third-order valence-corrected chi connectivity index (χ3v) is 6.13. The lowest BCUT2D eigenvalue weighted by Gasteiger charge is -2.07. The van der Waals surface area contributed by atoms with Gasteiger partial charge in [-0.05, 0) is 45.2 Å². The molecular formula is C18H26O4S. The highest BCUT2D eigenvalue weighted by Gasteiger charge is 2.15. The van der Waals surface area contributed by atoms with Gasteiger partial charge in [0.15, 0.2) is 15.6 Å². The van der Waals surface area contributed by atoms with E-state index < -0.39 is 9.84 Å². The summed E-state index contributed by atoms with van der Waals surface area (Å²) in [4.78, 5) is 23.3. The van der Waals surface area contributed by atoms with Crippen LogP contribution in [0.25, 0.3) is 0 Å². The van der Waals surface area contributed by atoms with Crippen LogP contribution in [0.1, 0.15) is 62.4 Å². The summed E-state index contributed by atoms with van der Waals surface area (Å²) in [5, 5.41) is -0.335. The van der Waals surface area contributed by atoms with Gasteiger partial charge in [-0.1, -0.05) is 24.6 Å². The van der Waals surface area contributed by atoms with Gasteiger partial charge in [-0.25, -0.2) is 8.42 Å². The molecule has 1 rings (SSSR count). The molecule has 0 bridgehead atoms. The van der Waals surface area contributed by atoms with Crippen LogP contribution in [-0.2, 0) is 21.1 Å². The van der Waals surface area contributed by atoms with Gasteiger partial charge in [-0.15, -0.1) is 0 Å². The number of Topliss-reactive ketones (excluding diaryl/α,β-unsaturated/α-hetero) is 2. The molecule has 0 aliphatic carbocycles. The zero-order valence-corrected chi connectivity index (χ0v) is 15.0. The molecule has 5 heteroatoms. The molecule has 1 aromatic carbocycles. The first-order chi connectivity index (χ1) is 10.7. The van der Waals surface area contributed by atoms with Crippen LogP contribution in [-0.4, -0.2) is 31.0 Å². The second kappa shape index (κ2) is 8.96. The topological polar surface area (TPSA) is 68.3 Å². The molecule has 0 aromatic heterocycles. The maximum Gasteiger partial charge on any atom is 0.159 e. The molecule has 0 spiro atoms. The maximum atomic E-state index is 12.0. The molecule has 4 nitrogen and oxygen atoms in total. The quantitative estimate of drug-likeness (QED) is 0.484. The average molecular weight is 338 g/mol. The molecule has 23 heavy (non-hydrogen) atoms.